The number of benzene rings is 1. The molecule has 0 nitrogen and oxygen atoms in total. The molecule has 0 saturated carbocycles. The highest BCUT2D eigenvalue weighted by atomic mass is 13.9. The molecule has 1 rings (SSSR count). The van der Waals surface area contributed by atoms with Crippen LogP contribution in [0, 0.1) is 6.58 Å². The Morgan fingerprint density at radius 1 is 1.27 bits per heavy atom. The number of rotatable bonds is 3. The normalized spacial score (nSPS) is 9.55. The van der Waals surface area contributed by atoms with Gasteiger partial charge in [0.15, 0.2) is 0 Å². The molecule has 1 aromatic rings. The lowest BCUT2D eigenvalue weighted by Crippen LogP contribution is -1.81. The lowest BCUT2D eigenvalue weighted by atomic mass is 10.1. The summed E-state index contributed by atoms with van der Waals surface area (Å²) in [5, 5.41) is 0. The lowest BCUT2D eigenvalue weighted by Gasteiger charge is -1.97. The zero-order valence-electron chi connectivity index (χ0n) is 6.88. The Labute approximate surface area is 68.6 Å². The topological polar surface area (TPSA) is 0 Å². The molecule has 0 saturated heterocycles. The third-order valence-electron chi connectivity index (χ3n) is 1.71. The van der Waals surface area contributed by atoms with Crippen LogP contribution in [0.3, 0.4) is 0 Å². The van der Waals surface area contributed by atoms with Crippen molar-refractivity contribution in [3.63, 3.8) is 0 Å². The van der Waals surface area contributed by atoms with Crippen molar-refractivity contribution in [2.45, 2.75) is 19.8 Å². The van der Waals surface area contributed by atoms with Crippen molar-refractivity contribution in [2.24, 2.45) is 0 Å². The molecule has 0 aromatic heterocycles. The molecular weight excluding hydrogens is 132 g/mol. The van der Waals surface area contributed by atoms with Crippen molar-refractivity contribution in [1.82, 2.24) is 0 Å². The summed E-state index contributed by atoms with van der Waals surface area (Å²) in [6, 6.07) is 8.35. The molecular formula is C11H13. The Bertz CT molecular complexity index is 218. The third kappa shape index (κ3) is 2.23. The largest absolute Gasteiger partial charge is 0.0651 e. The first-order valence-electron chi connectivity index (χ1n) is 4.00. The van der Waals surface area contributed by atoms with Crippen LogP contribution < -0.4 is 0 Å². The first kappa shape index (κ1) is 8.06. The third-order valence-corrected chi connectivity index (χ3v) is 1.71. The Hall–Kier alpha value is -1.04. The van der Waals surface area contributed by atoms with E-state index in [9.17, 15) is 0 Å². The van der Waals surface area contributed by atoms with Gasteiger partial charge in [-0.05, 0) is 17.5 Å². The van der Waals surface area contributed by atoms with E-state index in [0.717, 1.165) is 12.0 Å². The van der Waals surface area contributed by atoms with Crippen molar-refractivity contribution >= 4 is 6.08 Å². The molecule has 0 fully saturated rings. The number of aryl methyl sites for hydroxylation is 1. The predicted octanol–water partition coefficient (Wildman–Crippen LogP) is 3.09. The summed E-state index contributed by atoms with van der Waals surface area (Å²) in [4.78, 5) is 0. The molecule has 0 amide bonds. The van der Waals surface area contributed by atoms with Gasteiger partial charge in [-0.2, -0.15) is 0 Å². The molecule has 1 radical (unpaired) electrons. The fraction of sp³-hybridized carbons (Fsp3) is 0.273. The van der Waals surface area contributed by atoms with E-state index in [1.54, 1.807) is 6.08 Å². The van der Waals surface area contributed by atoms with Crippen LogP contribution >= 0.6 is 0 Å². The van der Waals surface area contributed by atoms with E-state index in [-0.39, 0.29) is 0 Å². The maximum atomic E-state index is 5.35. The molecule has 0 bridgehead atoms. The molecule has 11 heavy (non-hydrogen) atoms. The molecule has 0 unspecified atom stereocenters. The van der Waals surface area contributed by atoms with Gasteiger partial charge in [0.25, 0.3) is 0 Å². The molecule has 0 aliphatic carbocycles. The Balaban J connectivity index is 2.74. The van der Waals surface area contributed by atoms with Gasteiger partial charge in [-0.3, -0.25) is 0 Å². The van der Waals surface area contributed by atoms with Crippen molar-refractivity contribution in [3.8, 4) is 0 Å². The van der Waals surface area contributed by atoms with Gasteiger partial charge in [-0.25, -0.2) is 0 Å². The maximum absolute atomic E-state index is 5.35. The number of hydrogen-bond acceptors (Lipinski definition) is 0. The molecule has 0 heterocycles. The average molecular weight is 145 g/mol. The van der Waals surface area contributed by atoms with Gasteiger partial charge in [-0.1, -0.05) is 50.3 Å². The number of hydrogen-bond donors (Lipinski definition) is 0. The summed E-state index contributed by atoms with van der Waals surface area (Å²) in [5.41, 5.74) is 2.47. The second-order valence-electron chi connectivity index (χ2n) is 2.66. The van der Waals surface area contributed by atoms with Crippen LogP contribution in [0.15, 0.2) is 24.3 Å². The SMILES string of the molecule is [CH]=Cc1ccc(CCC)cc1. The second-order valence-corrected chi connectivity index (χ2v) is 2.66. The minimum Gasteiger partial charge on any atom is -0.0651 e. The van der Waals surface area contributed by atoms with E-state index >= 15 is 0 Å². The molecule has 0 heteroatoms. The Morgan fingerprint density at radius 3 is 2.36 bits per heavy atom. The summed E-state index contributed by atoms with van der Waals surface area (Å²) in [7, 11) is 0. The van der Waals surface area contributed by atoms with E-state index in [4.69, 9.17) is 6.58 Å². The summed E-state index contributed by atoms with van der Waals surface area (Å²) in [6.45, 7) is 7.53. The molecule has 0 aliphatic rings. The first-order chi connectivity index (χ1) is 5.36. The van der Waals surface area contributed by atoms with Crippen molar-refractivity contribution < 1.29 is 0 Å². The fourth-order valence-corrected chi connectivity index (χ4v) is 1.08. The standard InChI is InChI=1S/C11H13/c1-3-5-11-8-6-10(4-2)7-9-11/h2,4,6-9H,3,5H2,1H3. The van der Waals surface area contributed by atoms with Crippen LogP contribution in [0.25, 0.3) is 6.08 Å². The zero-order chi connectivity index (χ0) is 8.10. The van der Waals surface area contributed by atoms with Gasteiger partial charge in [0.1, 0.15) is 0 Å². The highest BCUT2D eigenvalue weighted by Gasteiger charge is 1.89. The second kappa shape index (κ2) is 3.97. The average Bonchev–Trinajstić information content (AvgIpc) is 2.07. The highest BCUT2D eigenvalue weighted by molar-refractivity contribution is 5.45. The van der Waals surface area contributed by atoms with Crippen LogP contribution in [-0.4, -0.2) is 0 Å². The highest BCUT2D eigenvalue weighted by Crippen LogP contribution is 2.06. The van der Waals surface area contributed by atoms with E-state index in [1.807, 2.05) is 12.1 Å². The fourth-order valence-electron chi connectivity index (χ4n) is 1.08. The van der Waals surface area contributed by atoms with E-state index in [0.29, 0.717) is 0 Å². The molecule has 0 atom stereocenters. The van der Waals surface area contributed by atoms with Gasteiger partial charge in [0.05, 0.1) is 0 Å². The minimum absolute atomic E-state index is 1.09. The lowest BCUT2D eigenvalue weighted by molar-refractivity contribution is 0.922. The van der Waals surface area contributed by atoms with Crippen LogP contribution in [0.4, 0.5) is 0 Å². The van der Waals surface area contributed by atoms with Crippen LogP contribution in [-0.2, 0) is 6.42 Å². The van der Waals surface area contributed by atoms with Gasteiger partial charge in [-0.15, -0.1) is 0 Å². The summed E-state index contributed by atoms with van der Waals surface area (Å²) in [5.74, 6) is 0. The Morgan fingerprint density at radius 2 is 1.91 bits per heavy atom. The maximum Gasteiger partial charge on any atom is -0.0256 e. The van der Waals surface area contributed by atoms with Crippen LogP contribution in [0.1, 0.15) is 24.5 Å². The molecule has 0 N–H and O–H groups in total. The first-order valence-corrected chi connectivity index (χ1v) is 4.00. The summed E-state index contributed by atoms with van der Waals surface area (Å²) >= 11 is 0. The van der Waals surface area contributed by atoms with E-state index in [2.05, 4.69) is 19.1 Å². The van der Waals surface area contributed by atoms with E-state index in [1.165, 1.54) is 12.0 Å². The van der Waals surface area contributed by atoms with Gasteiger partial charge in [0.2, 0.25) is 0 Å². The zero-order valence-corrected chi connectivity index (χ0v) is 6.88. The van der Waals surface area contributed by atoms with Crippen LogP contribution in [0.2, 0.25) is 0 Å². The van der Waals surface area contributed by atoms with Gasteiger partial charge >= 0.3 is 0 Å². The summed E-state index contributed by atoms with van der Waals surface area (Å²) in [6.07, 6.45) is 3.98. The van der Waals surface area contributed by atoms with Crippen LogP contribution in [0.5, 0.6) is 0 Å². The van der Waals surface area contributed by atoms with Crippen molar-refractivity contribution in [1.29, 1.82) is 0 Å². The molecule has 0 spiro atoms. The molecule has 0 aliphatic heterocycles. The minimum atomic E-state index is 1.09. The predicted molar refractivity (Wildman–Crippen MR) is 49.2 cm³/mol. The smallest absolute Gasteiger partial charge is 0.0256 e. The molecule has 1 aromatic carbocycles. The van der Waals surface area contributed by atoms with Crippen molar-refractivity contribution in [2.75, 3.05) is 0 Å². The van der Waals surface area contributed by atoms with Crippen molar-refractivity contribution in [3.05, 3.63) is 42.0 Å². The summed E-state index contributed by atoms with van der Waals surface area (Å²) < 4.78 is 0. The van der Waals surface area contributed by atoms with Gasteiger partial charge in [0, 0.05) is 0 Å². The molecule has 57 valence electrons. The van der Waals surface area contributed by atoms with Gasteiger partial charge < -0.3 is 0 Å². The van der Waals surface area contributed by atoms with E-state index < -0.39 is 0 Å². The quantitative estimate of drug-likeness (QED) is 0.613. The Kier molecular flexibility index (Phi) is 2.91. The monoisotopic (exact) mass is 145 g/mol.